The van der Waals surface area contributed by atoms with Crippen LogP contribution < -0.4 is 10.1 Å². The number of hydrogen-bond donors (Lipinski definition) is 1. The van der Waals surface area contributed by atoms with Crippen LogP contribution in [-0.2, 0) is 4.74 Å². The zero-order valence-corrected chi connectivity index (χ0v) is 17.8. The zero-order valence-electron chi connectivity index (χ0n) is 17.8. The number of hydrogen-bond acceptors (Lipinski definition) is 4. The summed E-state index contributed by atoms with van der Waals surface area (Å²) >= 11 is 0. The van der Waals surface area contributed by atoms with Gasteiger partial charge in [-0.2, -0.15) is 0 Å². The number of ether oxygens (including phenoxy) is 2. The summed E-state index contributed by atoms with van der Waals surface area (Å²) in [5, 5.41) is 3.01. The van der Waals surface area contributed by atoms with Crippen LogP contribution in [0, 0.1) is 0 Å². The van der Waals surface area contributed by atoms with Crippen LogP contribution in [-0.4, -0.2) is 68.9 Å². The lowest BCUT2D eigenvalue weighted by molar-refractivity contribution is 0.0354. The van der Waals surface area contributed by atoms with E-state index in [-0.39, 0.29) is 6.03 Å². The highest BCUT2D eigenvalue weighted by Crippen LogP contribution is 2.16. The van der Waals surface area contributed by atoms with Gasteiger partial charge in [0.05, 0.1) is 20.3 Å². The third-order valence-electron chi connectivity index (χ3n) is 5.07. The molecule has 6 heteroatoms. The summed E-state index contributed by atoms with van der Waals surface area (Å²) in [7, 11) is 1.63. The van der Waals surface area contributed by atoms with Crippen molar-refractivity contribution < 1.29 is 14.3 Å². The third kappa shape index (κ3) is 6.90. The smallest absolute Gasteiger partial charge is 0.322 e. The van der Waals surface area contributed by atoms with Crippen LogP contribution in [0.4, 0.5) is 10.5 Å². The number of amides is 2. The van der Waals surface area contributed by atoms with Gasteiger partial charge in [0, 0.05) is 38.4 Å². The fourth-order valence-corrected chi connectivity index (χ4v) is 3.40. The van der Waals surface area contributed by atoms with Crippen LogP contribution in [0.25, 0.3) is 6.08 Å². The maximum absolute atomic E-state index is 13.0. The van der Waals surface area contributed by atoms with Gasteiger partial charge in [-0.25, -0.2) is 4.79 Å². The predicted molar refractivity (Wildman–Crippen MR) is 121 cm³/mol. The molecule has 0 atom stereocenters. The van der Waals surface area contributed by atoms with Gasteiger partial charge < -0.3 is 19.7 Å². The summed E-state index contributed by atoms with van der Waals surface area (Å²) in [6.07, 6.45) is 2.13. The number of benzene rings is 2. The first-order chi connectivity index (χ1) is 14.6. The molecule has 1 heterocycles. The molecule has 3 rings (SSSR count). The highest BCUT2D eigenvalue weighted by Gasteiger charge is 2.17. The molecule has 2 amide bonds. The Hall–Kier alpha value is -2.83. The van der Waals surface area contributed by atoms with Gasteiger partial charge in [0.15, 0.2) is 0 Å². The molecule has 1 N–H and O–H groups in total. The van der Waals surface area contributed by atoms with E-state index in [1.807, 2.05) is 47.4 Å². The van der Waals surface area contributed by atoms with E-state index in [1.165, 1.54) is 0 Å². The predicted octanol–water partition coefficient (Wildman–Crippen LogP) is 3.96. The summed E-state index contributed by atoms with van der Waals surface area (Å²) in [5.41, 5.74) is 3.02. The fourth-order valence-electron chi connectivity index (χ4n) is 3.40. The molecule has 30 heavy (non-hydrogen) atoms. The third-order valence-corrected chi connectivity index (χ3v) is 5.07. The SMILES string of the molecule is COc1ccc(NC(=O)N(CCN2CCOCC2)C/C(C)=C/c2ccccc2)cc1. The summed E-state index contributed by atoms with van der Waals surface area (Å²) in [5.74, 6) is 0.763. The Morgan fingerprint density at radius 3 is 2.50 bits per heavy atom. The summed E-state index contributed by atoms with van der Waals surface area (Å²) in [6.45, 7) is 7.45. The summed E-state index contributed by atoms with van der Waals surface area (Å²) in [4.78, 5) is 17.3. The van der Waals surface area contributed by atoms with E-state index in [9.17, 15) is 4.79 Å². The molecule has 1 aliphatic heterocycles. The number of nitrogens with zero attached hydrogens (tertiary/aromatic N) is 2. The van der Waals surface area contributed by atoms with Crippen molar-refractivity contribution in [2.75, 3.05) is 58.4 Å². The molecule has 0 aliphatic carbocycles. The molecule has 1 fully saturated rings. The number of morpholine rings is 1. The Labute approximate surface area is 179 Å². The van der Waals surface area contributed by atoms with Crippen molar-refractivity contribution in [3.05, 3.63) is 65.7 Å². The minimum atomic E-state index is -0.103. The quantitative estimate of drug-likeness (QED) is 0.717. The molecule has 2 aromatic rings. The molecule has 1 aliphatic rings. The molecule has 0 radical (unpaired) electrons. The standard InChI is InChI=1S/C24H31N3O3/c1-20(18-21-6-4-3-5-7-21)19-27(13-12-26-14-16-30-17-15-26)24(28)25-22-8-10-23(29-2)11-9-22/h3-11,18H,12-17,19H2,1-2H3,(H,25,28)/b20-18+. The minimum Gasteiger partial charge on any atom is -0.497 e. The molecule has 0 unspecified atom stereocenters. The van der Waals surface area contributed by atoms with E-state index in [4.69, 9.17) is 9.47 Å². The topological polar surface area (TPSA) is 54.0 Å². The number of urea groups is 1. The Morgan fingerprint density at radius 2 is 1.83 bits per heavy atom. The lowest BCUT2D eigenvalue weighted by Gasteiger charge is -2.30. The number of carbonyl (C=O) groups excluding carboxylic acids is 1. The van der Waals surface area contributed by atoms with Gasteiger partial charge >= 0.3 is 6.03 Å². The van der Waals surface area contributed by atoms with E-state index in [1.54, 1.807) is 7.11 Å². The van der Waals surface area contributed by atoms with Gasteiger partial charge in [0.2, 0.25) is 0 Å². The van der Waals surface area contributed by atoms with Crippen molar-refractivity contribution in [2.45, 2.75) is 6.92 Å². The van der Waals surface area contributed by atoms with E-state index in [2.05, 4.69) is 35.3 Å². The van der Waals surface area contributed by atoms with Crippen LogP contribution in [0.1, 0.15) is 12.5 Å². The normalized spacial score (nSPS) is 14.9. The summed E-state index contributed by atoms with van der Waals surface area (Å²) < 4.78 is 10.6. The average molecular weight is 410 g/mol. The lowest BCUT2D eigenvalue weighted by atomic mass is 10.1. The minimum absolute atomic E-state index is 0.103. The van der Waals surface area contributed by atoms with Crippen LogP contribution in [0.2, 0.25) is 0 Å². The van der Waals surface area contributed by atoms with Crippen LogP contribution in [0.3, 0.4) is 0 Å². The monoisotopic (exact) mass is 409 g/mol. The van der Waals surface area contributed by atoms with E-state index >= 15 is 0 Å². The number of anilines is 1. The van der Waals surface area contributed by atoms with Gasteiger partial charge in [-0.1, -0.05) is 42.0 Å². The molecule has 2 aromatic carbocycles. The highest BCUT2D eigenvalue weighted by atomic mass is 16.5. The Morgan fingerprint density at radius 1 is 1.13 bits per heavy atom. The van der Waals surface area contributed by atoms with Gasteiger partial charge in [-0.05, 0) is 36.8 Å². The van der Waals surface area contributed by atoms with Crippen molar-refractivity contribution in [3.8, 4) is 5.75 Å². The largest absolute Gasteiger partial charge is 0.497 e. The van der Waals surface area contributed by atoms with Crippen molar-refractivity contribution >= 4 is 17.8 Å². The van der Waals surface area contributed by atoms with Gasteiger partial charge in [-0.15, -0.1) is 0 Å². The van der Waals surface area contributed by atoms with Crippen molar-refractivity contribution in [3.63, 3.8) is 0 Å². The first-order valence-electron chi connectivity index (χ1n) is 10.4. The van der Waals surface area contributed by atoms with Crippen molar-refractivity contribution in [1.82, 2.24) is 9.80 Å². The van der Waals surface area contributed by atoms with Crippen LogP contribution in [0.15, 0.2) is 60.2 Å². The number of carbonyl (C=O) groups is 1. The van der Waals surface area contributed by atoms with E-state index in [0.717, 1.165) is 55.4 Å². The molecule has 6 nitrogen and oxygen atoms in total. The van der Waals surface area contributed by atoms with Gasteiger partial charge in [0.25, 0.3) is 0 Å². The molecule has 0 saturated carbocycles. The highest BCUT2D eigenvalue weighted by molar-refractivity contribution is 5.89. The maximum Gasteiger partial charge on any atom is 0.322 e. The Kier molecular flexibility index (Phi) is 8.30. The number of methoxy groups -OCH3 is 1. The second-order valence-electron chi connectivity index (χ2n) is 7.44. The first-order valence-corrected chi connectivity index (χ1v) is 10.4. The van der Waals surface area contributed by atoms with Gasteiger partial charge in [-0.3, -0.25) is 4.90 Å². The second-order valence-corrected chi connectivity index (χ2v) is 7.44. The molecule has 0 bridgehead atoms. The van der Waals surface area contributed by atoms with Crippen molar-refractivity contribution in [2.24, 2.45) is 0 Å². The Bertz CT molecular complexity index is 815. The molecule has 0 aromatic heterocycles. The Balaban J connectivity index is 1.66. The van der Waals surface area contributed by atoms with E-state index in [0.29, 0.717) is 13.1 Å². The van der Waals surface area contributed by atoms with Gasteiger partial charge in [0.1, 0.15) is 5.75 Å². The fraction of sp³-hybridized carbons (Fsp3) is 0.375. The first kappa shape index (κ1) is 21.9. The maximum atomic E-state index is 13.0. The van der Waals surface area contributed by atoms with E-state index < -0.39 is 0 Å². The second kappa shape index (κ2) is 11.4. The molecular formula is C24H31N3O3. The average Bonchev–Trinajstić information content (AvgIpc) is 2.78. The summed E-state index contributed by atoms with van der Waals surface area (Å²) in [6, 6.07) is 17.5. The lowest BCUT2D eigenvalue weighted by Crippen LogP contribution is -2.44. The van der Waals surface area contributed by atoms with Crippen LogP contribution in [0.5, 0.6) is 5.75 Å². The molecule has 1 saturated heterocycles. The van der Waals surface area contributed by atoms with Crippen molar-refractivity contribution in [1.29, 1.82) is 0 Å². The molecule has 160 valence electrons. The number of nitrogens with one attached hydrogen (secondary N) is 1. The van der Waals surface area contributed by atoms with Crippen LogP contribution >= 0.6 is 0 Å². The molecule has 0 spiro atoms. The number of rotatable bonds is 8. The molecular weight excluding hydrogens is 378 g/mol. The zero-order chi connectivity index (χ0) is 21.2.